The zero-order chi connectivity index (χ0) is 17.1. The molecule has 1 aromatic heterocycles. The molecule has 128 valence electrons. The number of nitrogens with zero attached hydrogens (tertiary/aromatic N) is 2. The molecule has 2 heterocycles. The monoisotopic (exact) mass is 327 g/mol. The van der Waals surface area contributed by atoms with E-state index in [1.807, 2.05) is 11.0 Å². The zero-order valence-corrected chi connectivity index (χ0v) is 13.7. The lowest BCUT2D eigenvalue weighted by Crippen LogP contribution is -2.39. The molecule has 1 N–H and O–H groups in total. The molecule has 5 nitrogen and oxygen atoms in total. The number of hydrogen-bond acceptors (Lipinski definition) is 4. The third-order valence-electron chi connectivity index (χ3n) is 3.41. The van der Waals surface area contributed by atoms with E-state index >= 15 is 0 Å². The molecule has 0 spiro atoms. The number of amides is 1. The molecule has 2 rings (SSSR count). The van der Waals surface area contributed by atoms with E-state index in [2.05, 4.69) is 10.3 Å². The molecule has 1 aromatic rings. The summed E-state index contributed by atoms with van der Waals surface area (Å²) in [6.45, 7) is 6.52. The molecule has 0 saturated carbocycles. The van der Waals surface area contributed by atoms with E-state index in [1.165, 1.54) is 0 Å². The second kappa shape index (κ2) is 6.78. The Hall–Kier alpha value is -1.76. The van der Waals surface area contributed by atoms with Crippen molar-refractivity contribution in [2.45, 2.75) is 51.7 Å². The summed E-state index contributed by atoms with van der Waals surface area (Å²) in [6.07, 6.45) is -0.814. The van der Waals surface area contributed by atoms with Gasteiger partial charge in [0.2, 0.25) is 0 Å². The highest BCUT2D eigenvalue weighted by atomic mass is 19.3. The second-order valence-electron chi connectivity index (χ2n) is 6.77. The van der Waals surface area contributed by atoms with Crippen molar-refractivity contribution in [1.82, 2.24) is 9.88 Å². The molecule has 23 heavy (non-hydrogen) atoms. The molecule has 0 aromatic carbocycles. The lowest BCUT2D eigenvalue weighted by molar-refractivity contribution is -0.0568. The number of halogens is 2. The van der Waals surface area contributed by atoms with Crippen LogP contribution in [0.25, 0.3) is 0 Å². The molecular formula is C16H23F2N3O2. The molecule has 0 radical (unpaired) electrons. The van der Waals surface area contributed by atoms with Gasteiger partial charge >= 0.3 is 6.09 Å². The smallest absolute Gasteiger partial charge is 0.413 e. The van der Waals surface area contributed by atoms with Gasteiger partial charge in [0.1, 0.15) is 11.4 Å². The van der Waals surface area contributed by atoms with Crippen molar-refractivity contribution in [3.63, 3.8) is 0 Å². The summed E-state index contributed by atoms with van der Waals surface area (Å²) in [6, 6.07) is 5.25. The third-order valence-corrected chi connectivity index (χ3v) is 3.41. The number of anilines is 1. The summed E-state index contributed by atoms with van der Waals surface area (Å²) in [5, 5.41) is 2.58. The highest BCUT2D eigenvalue weighted by molar-refractivity contribution is 5.83. The number of nitrogens with one attached hydrogen (secondary N) is 1. The Labute approximate surface area is 135 Å². The maximum atomic E-state index is 13.2. The molecule has 1 aliphatic heterocycles. The third kappa shape index (κ3) is 6.09. The Morgan fingerprint density at radius 3 is 2.61 bits per heavy atom. The fourth-order valence-corrected chi connectivity index (χ4v) is 2.31. The van der Waals surface area contributed by atoms with E-state index in [0.29, 0.717) is 25.5 Å². The molecule has 0 unspecified atom stereocenters. The second-order valence-corrected chi connectivity index (χ2v) is 6.77. The normalized spacial score (nSPS) is 18.5. The summed E-state index contributed by atoms with van der Waals surface area (Å²) in [7, 11) is 0. The van der Waals surface area contributed by atoms with Crippen LogP contribution in [0.5, 0.6) is 0 Å². The van der Waals surface area contributed by atoms with Gasteiger partial charge in [0, 0.05) is 32.5 Å². The molecule has 1 aliphatic rings. The minimum absolute atomic E-state index is 0.122. The van der Waals surface area contributed by atoms with Crippen molar-refractivity contribution in [3.05, 3.63) is 23.9 Å². The fraction of sp³-hybridized carbons (Fsp3) is 0.625. The van der Waals surface area contributed by atoms with Crippen molar-refractivity contribution in [3.8, 4) is 0 Å². The van der Waals surface area contributed by atoms with Gasteiger partial charge in [-0.2, -0.15) is 0 Å². The topological polar surface area (TPSA) is 54.5 Å². The minimum Gasteiger partial charge on any atom is -0.444 e. The van der Waals surface area contributed by atoms with E-state index in [9.17, 15) is 13.6 Å². The maximum absolute atomic E-state index is 13.2. The Bertz CT molecular complexity index is 549. The van der Waals surface area contributed by atoms with Gasteiger partial charge < -0.3 is 4.74 Å². The number of rotatable bonds is 3. The number of carbonyl (C=O) groups is 1. The van der Waals surface area contributed by atoms with Crippen LogP contribution in [0.1, 0.15) is 39.3 Å². The Morgan fingerprint density at radius 1 is 1.35 bits per heavy atom. The molecular weight excluding hydrogens is 304 g/mol. The van der Waals surface area contributed by atoms with Crippen molar-refractivity contribution in [1.29, 1.82) is 0 Å². The number of piperidine rings is 1. The van der Waals surface area contributed by atoms with E-state index in [4.69, 9.17) is 4.74 Å². The van der Waals surface area contributed by atoms with Crippen LogP contribution in [0.15, 0.2) is 18.2 Å². The van der Waals surface area contributed by atoms with Crippen LogP contribution in [-0.2, 0) is 11.3 Å². The van der Waals surface area contributed by atoms with Crippen LogP contribution in [0.2, 0.25) is 0 Å². The summed E-state index contributed by atoms with van der Waals surface area (Å²) < 4.78 is 31.5. The van der Waals surface area contributed by atoms with E-state index < -0.39 is 17.6 Å². The SMILES string of the molecule is CC(C)(C)OC(=O)Nc1cccc(CN2CCC(F)(F)CC2)n1. The molecule has 0 aliphatic carbocycles. The summed E-state index contributed by atoms with van der Waals surface area (Å²) in [5.41, 5.74) is 0.143. The summed E-state index contributed by atoms with van der Waals surface area (Å²) in [5.74, 6) is -2.16. The van der Waals surface area contributed by atoms with Crippen molar-refractivity contribution < 1.29 is 18.3 Å². The van der Waals surface area contributed by atoms with Gasteiger partial charge in [-0.3, -0.25) is 10.2 Å². The quantitative estimate of drug-likeness (QED) is 0.920. The van der Waals surface area contributed by atoms with Gasteiger partial charge in [0.25, 0.3) is 5.92 Å². The molecule has 1 saturated heterocycles. The first-order valence-electron chi connectivity index (χ1n) is 7.69. The summed E-state index contributed by atoms with van der Waals surface area (Å²) in [4.78, 5) is 18.0. The average molecular weight is 327 g/mol. The molecule has 1 amide bonds. The highest BCUT2D eigenvalue weighted by Gasteiger charge is 2.33. The fourth-order valence-electron chi connectivity index (χ4n) is 2.31. The lowest BCUT2D eigenvalue weighted by atomic mass is 10.1. The number of carbonyl (C=O) groups excluding carboxylic acids is 1. The number of ether oxygens (including phenoxy) is 1. The number of pyridine rings is 1. The number of aromatic nitrogens is 1. The largest absolute Gasteiger partial charge is 0.444 e. The van der Waals surface area contributed by atoms with E-state index in [-0.39, 0.29) is 12.8 Å². The predicted molar refractivity (Wildman–Crippen MR) is 83.6 cm³/mol. The van der Waals surface area contributed by atoms with Crippen LogP contribution in [0.4, 0.5) is 19.4 Å². The molecule has 1 fully saturated rings. The molecule has 0 atom stereocenters. The number of likely N-dealkylation sites (tertiary alicyclic amines) is 1. The predicted octanol–water partition coefficient (Wildman–Crippen LogP) is 3.66. The van der Waals surface area contributed by atoms with Gasteiger partial charge in [0.15, 0.2) is 0 Å². The van der Waals surface area contributed by atoms with Gasteiger partial charge in [-0.15, -0.1) is 0 Å². The first kappa shape index (κ1) is 17.6. The molecule has 0 bridgehead atoms. The van der Waals surface area contributed by atoms with Crippen molar-refractivity contribution in [2.75, 3.05) is 18.4 Å². The standard InChI is InChI=1S/C16H23F2N3O2/c1-15(2,3)23-14(22)20-13-6-4-5-12(19-13)11-21-9-7-16(17,18)8-10-21/h4-6H,7-11H2,1-3H3,(H,19,20,22). The first-order chi connectivity index (χ1) is 10.6. The van der Waals surface area contributed by atoms with Crippen LogP contribution in [0.3, 0.4) is 0 Å². The van der Waals surface area contributed by atoms with Gasteiger partial charge in [-0.05, 0) is 32.9 Å². The van der Waals surface area contributed by atoms with Crippen LogP contribution >= 0.6 is 0 Å². The lowest BCUT2D eigenvalue weighted by Gasteiger charge is -2.31. The van der Waals surface area contributed by atoms with Crippen molar-refractivity contribution in [2.24, 2.45) is 0 Å². The Morgan fingerprint density at radius 2 is 2.00 bits per heavy atom. The Kier molecular flexibility index (Phi) is 5.19. The van der Waals surface area contributed by atoms with Gasteiger partial charge in [-0.1, -0.05) is 6.07 Å². The molecule has 7 heteroatoms. The van der Waals surface area contributed by atoms with Crippen LogP contribution in [0, 0.1) is 0 Å². The van der Waals surface area contributed by atoms with Crippen LogP contribution < -0.4 is 5.32 Å². The van der Waals surface area contributed by atoms with E-state index in [0.717, 1.165) is 5.69 Å². The van der Waals surface area contributed by atoms with Gasteiger partial charge in [-0.25, -0.2) is 18.6 Å². The van der Waals surface area contributed by atoms with Crippen molar-refractivity contribution >= 4 is 11.9 Å². The Balaban J connectivity index is 1.91. The van der Waals surface area contributed by atoms with E-state index in [1.54, 1.807) is 32.9 Å². The maximum Gasteiger partial charge on any atom is 0.413 e. The summed E-state index contributed by atoms with van der Waals surface area (Å²) >= 11 is 0. The first-order valence-corrected chi connectivity index (χ1v) is 7.69. The van der Waals surface area contributed by atoms with Crippen LogP contribution in [-0.4, -0.2) is 40.6 Å². The minimum atomic E-state index is -2.55. The number of alkyl halides is 2. The zero-order valence-electron chi connectivity index (χ0n) is 13.7. The number of hydrogen-bond donors (Lipinski definition) is 1. The van der Waals surface area contributed by atoms with Gasteiger partial charge in [0.05, 0.1) is 5.69 Å². The average Bonchev–Trinajstić information content (AvgIpc) is 2.39. The highest BCUT2D eigenvalue weighted by Crippen LogP contribution is 2.28.